The van der Waals surface area contributed by atoms with Gasteiger partial charge in [0.25, 0.3) is 0 Å². The maximum atomic E-state index is 12.6. The molecule has 10 nitrogen and oxygen atoms in total. The van der Waals surface area contributed by atoms with E-state index in [1.165, 1.54) is 31.4 Å². The Labute approximate surface area is 197 Å². The number of urea groups is 1. The van der Waals surface area contributed by atoms with Gasteiger partial charge in [0.2, 0.25) is 0 Å². The molecule has 10 heteroatoms. The Morgan fingerprint density at radius 3 is 2.24 bits per heavy atom. The smallest absolute Gasteiger partial charge is 0.337 e. The zero-order chi connectivity index (χ0) is 24.5. The normalized spacial score (nSPS) is 13.5. The van der Waals surface area contributed by atoms with Crippen molar-refractivity contribution in [3.63, 3.8) is 0 Å². The van der Waals surface area contributed by atoms with Crippen LogP contribution in [0, 0.1) is 5.92 Å². The minimum absolute atomic E-state index is 0.159. The fraction of sp³-hybridized carbons (Fsp3) is 0.333. The summed E-state index contributed by atoms with van der Waals surface area (Å²) >= 11 is 0. The van der Waals surface area contributed by atoms with Crippen LogP contribution in [-0.4, -0.2) is 62.6 Å². The maximum Gasteiger partial charge on any atom is 0.337 e. The van der Waals surface area contributed by atoms with E-state index in [9.17, 15) is 19.2 Å². The summed E-state index contributed by atoms with van der Waals surface area (Å²) in [4.78, 5) is 50.0. The lowest BCUT2D eigenvalue weighted by Crippen LogP contribution is -2.44. The molecule has 0 saturated carbocycles. The molecule has 1 fully saturated rings. The summed E-state index contributed by atoms with van der Waals surface area (Å²) < 4.78 is 9.88. The van der Waals surface area contributed by atoms with Crippen molar-refractivity contribution in [3.8, 4) is 5.75 Å². The van der Waals surface area contributed by atoms with Gasteiger partial charge in [-0.3, -0.25) is 9.59 Å². The highest BCUT2D eigenvalue weighted by Gasteiger charge is 2.24. The molecule has 1 aliphatic rings. The van der Waals surface area contributed by atoms with Crippen LogP contribution < -0.4 is 20.7 Å². The van der Waals surface area contributed by atoms with Gasteiger partial charge in [0, 0.05) is 25.3 Å². The number of esters is 1. The van der Waals surface area contributed by atoms with Crippen molar-refractivity contribution in [2.24, 2.45) is 5.92 Å². The molecule has 0 bridgehead atoms. The van der Waals surface area contributed by atoms with E-state index in [1.54, 1.807) is 24.1 Å². The summed E-state index contributed by atoms with van der Waals surface area (Å²) in [6.07, 6.45) is 1.41. The molecule has 0 spiro atoms. The molecule has 2 aromatic rings. The van der Waals surface area contributed by atoms with Gasteiger partial charge in [-0.15, -0.1) is 0 Å². The van der Waals surface area contributed by atoms with Crippen molar-refractivity contribution in [2.45, 2.75) is 12.8 Å². The fourth-order valence-corrected chi connectivity index (χ4v) is 3.60. The summed E-state index contributed by atoms with van der Waals surface area (Å²) in [6.45, 7) is 1.43. The molecule has 3 N–H and O–H groups in total. The first-order chi connectivity index (χ1) is 16.4. The highest BCUT2D eigenvalue weighted by molar-refractivity contribution is 6.39. The molecular weight excluding hydrogens is 440 g/mol. The van der Waals surface area contributed by atoms with Gasteiger partial charge >= 0.3 is 23.8 Å². The van der Waals surface area contributed by atoms with Crippen molar-refractivity contribution in [1.29, 1.82) is 0 Å². The van der Waals surface area contributed by atoms with Crippen molar-refractivity contribution < 1.29 is 28.7 Å². The van der Waals surface area contributed by atoms with Gasteiger partial charge in [-0.2, -0.15) is 0 Å². The number of carbonyl (C=O) groups excluding carboxylic acids is 4. The van der Waals surface area contributed by atoms with Gasteiger partial charge in [0.05, 0.1) is 25.5 Å². The summed E-state index contributed by atoms with van der Waals surface area (Å²) in [5.41, 5.74) is 1.34. The number of nitrogens with zero attached hydrogens (tertiary/aromatic N) is 1. The Morgan fingerprint density at radius 2 is 1.59 bits per heavy atom. The number of hydrogen-bond donors (Lipinski definition) is 3. The molecule has 0 radical (unpaired) electrons. The first-order valence-electron chi connectivity index (χ1n) is 10.9. The van der Waals surface area contributed by atoms with E-state index in [4.69, 9.17) is 4.74 Å². The molecule has 0 unspecified atom stereocenters. The molecule has 1 saturated heterocycles. The van der Waals surface area contributed by atoms with Crippen molar-refractivity contribution in [2.75, 3.05) is 44.5 Å². The molecule has 4 amide bonds. The average molecular weight is 469 g/mol. The average Bonchev–Trinajstić information content (AvgIpc) is 2.87. The number of amides is 4. The molecule has 1 heterocycles. The van der Waals surface area contributed by atoms with Crippen LogP contribution in [-0.2, 0) is 14.3 Å². The van der Waals surface area contributed by atoms with Crippen LogP contribution in [0.1, 0.15) is 23.2 Å². The number of methoxy groups -OCH3 is 2. The lowest BCUT2D eigenvalue weighted by Gasteiger charge is -2.32. The number of ether oxygens (including phenoxy) is 2. The van der Waals surface area contributed by atoms with Crippen LogP contribution in [0.15, 0.2) is 48.5 Å². The van der Waals surface area contributed by atoms with Crippen LogP contribution >= 0.6 is 0 Å². The third-order valence-electron chi connectivity index (χ3n) is 5.57. The van der Waals surface area contributed by atoms with Crippen LogP contribution in [0.5, 0.6) is 5.75 Å². The first-order valence-corrected chi connectivity index (χ1v) is 10.9. The predicted molar refractivity (Wildman–Crippen MR) is 126 cm³/mol. The molecule has 3 rings (SSSR count). The number of anilines is 2. The quantitative estimate of drug-likeness (QED) is 0.442. The van der Waals surface area contributed by atoms with E-state index < -0.39 is 17.8 Å². The number of para-hydroxylation sites is 2. The molecule has 0 aliphatic carbocycles. The van der Waals surface area contributed by atoms with Crippen molar-refractivity contribution in [1.82, 2.24) is 10.2 Å². The SMILES string of the molecule is COC(=O)c1ccc(NC(=O)C(=O)NCC2CCN(C(=O)Nc3ccccc3OC)CC2)cc1. The molecule has 180 valence electrons. The zero-order valence-corrected chi connectivity index (χ0v) is 19.1. The van der Waals surface area contributed by atoms with E-state index in [0.29, 0.717) is 55.2 Å². The summed E-state index contributed by atoms with van der Waals surface area (Å²) in [7, 11) is 2.83. The lowest BCUT2D eigenvalue weighted by molar-refractivity contribution is -0.136. The number of nitrogens with one attached hydrogen (secondary N) is 3. The third kappa shape index (κ3) is 6.47. The molecule has 0 atom stereocenters. The molecule has 1 aliphatic heterocycles. The minimum atomic E-state index is -0.792. The van der Waals surface area contributed by atoms with E-state index >= 15 is 0 Å². The van der Waals surface area contributed by atoms with E-state index in [2.05, 4.69) is 20.7 Å². The Kier molecular flexibility index (Phi) is 8.44. The Bertz CT molecular complexity index is 1030. The molecule has 0 aromatic heterocycles. The number of likely N-dealkylation sites (tertiary alicyclic amines) is 1. The minimum Gasteiger partial charge on any atom is -0.495 e. The highest BCUT2D eigenvalue weighted by Crippen LogP contribution is 2.24. The number of benzene rings is 2. The Hall–Kier alpha value is -4.08. The first kappa shape index (κ1) is 24.6. The van der Waals surface area contributed by atoms with Gasteiger partial charge < -0.3 is 30.3 Å². The largest absolute Gasteiger partial charge is 0.495 e. The second-order valence-electron chi connectivity index (χ2n) is 7.79. The standard InChI is InChI=1S/C24H28N4O6/c1-33-20-6-4-3-5-19(20)27-24(32)28-13-11-16(12-14-28)15-25-21(29)22(30)26-18-9-7-17(8-10-18)23(31)34-2/h3-10,16H,11-15H2,1-2H3,(H,25,29)(H,26,30)(H,27,32). The zero-order valence-electron chi connectivity index (χ0n) is 19.1. The second-order valence-corrected chi connectivity index (χ2v) is 7.79. The maximum absolute atomic E-state index is 12.6. The molecule has 34 heavy (non-hydrogen) atoms. The van der Waals surface area contributed by atoms with Crippen molar-refractivity contribution in [3.05, 3.63) is 54.1 Å². The monoisotopic (exact) mass is 468 g/mol. The number of hydrogen-bond acceptors (Lipinski definition) is 6. The number of carbonyl (C=O) groups is 4. The van der Waals surface area contributed by atoms with Crippen LogP contribution in [0.4, 0.5) is 16.2 Å². The van der Waals surface area contributed by atoms with Gasteiger partial charge in [-0.1, -0.05) is 12.1 Å². The molecular formula is C24H28N4O6. The van der Waals surface area contributed by atoms with E-state index in [1.807, 2.05) is 12.1 Å². The van der Waals surface area contributed by atoms with E-state index in [0.717, 1.165) is 0 Å². The van der Waals surface area contributed by atoms with Crippen LogP contribution in [0.3, 0.4) is 0 Å². The molecule has 2 aromatic carbocycles. The second kappa shape index (κ2) is 11.7. The third-order valence-corrected chi connectivity index (χ3v) is 5.57. The lowest BCUT2D eigenvalue weighted by atomic mass is 9.97. The van der Waals surface area contributed by atoms with E-state index in [-0.39, 0.29) is 11.9 Å². The Morgan fingerprint density at radius 1 is 0.912 bits per heavy atom. The van der Waals surface area contributed by atoms with Gasteiger partial charge in [-0.05, 0) is 55.2 Å². The highest BCUT2D eigenvalue weighted by atomic mass is 16.5. The summed E-state index contributed by atoms with van der Waals surface area (Å²) in [6, 6.07) is 13.0. The predicted octanol–water partition coefficient (Wildman–Crippen LogP) is 2.48. The van der Waals surface area contributed by atoms with Gasteiger partial charge in [0.15, 0.2) is 0 Å². The van der Waals surface area contributed by atoms with Crippen LogP contribution in [0.2, 0.25) is 0 Å². The topological polar surface area (TPSA) is 126 Å². The van der Waals surface area contributed by atoms with Gasteiger partial charge in [0.1, 0.15) is 5.75 Å². The van der Waals surface area contributed by atoms with Crippen LogP contribution in [0.25, 0.3) is 0 Å². The Balaban J connectivity index is 1.40. The fourth-order valence-electron chi connectivity index (χ4n) is 3.60. The number of piperidine rings is 1. The van der Waals surface area contributed by atoms with Crippen molar-refractivity contribution >= 4 is 35.2 Å². The number of rotatable bonds is 6. The summed E-state index contributed by atoms with van der Waals surface area (Å²) in [5.74, 6) is -1.27. The van der Waals surface area contributed by atoms with Gasteiger partial charge in [-0.25, -0.2) is 9.59 Å². The summed E-state index contributed by atoms with van der Waals surface area (Å²) in [5, 5.41) is 8.00.